The molecule has 6 nitrogen and oxygen atoms in total. The van der Waals surface area contributed by atoms with Crippen molar-refractivity contribution in [1.29, 1.82) is 0 Å². The Hall–Kier alpha value is -2.63. The number of ether oxygens (including phenoxy) is 1. The highest BCUT2D eigenvalue weighted by atomic mass is 16.5. The lowest BCUT2D eigenvalue weighted by molar-refractivity contribution is 0.415. The lowest BCUT2D eigenvalue weighted by atomic mass is 10.2. The average Bonchev–Trinajstić information content (AvgIpc) is 2.82. The number of anilines is 2. The largest absolute Gasteiger partial charge is 0.497 e. The van der Waals surface area contributed by atoms with Crippen LogP contribution in [0.4, 0.5) is 11.5 Å². The molecule has 0 atom stereocenters. The Morgan fingerprint density at radius 2 is 2.00 bits per heavy atom. The van der Waals surface area contributed by atoms with Gasteiger partial charge in [-0.05, 0) is 19.1 Å². The van der Waals surface area contributed by atoms with Gasteiger partial charge in [-0.3, -0.25) is 4.68 Å². The Kier molecular flexibility index (Phi) is 3.90. The van der Waals surface area contributed by atoms with Crippen LogP contribution in [-0.4, -0.2) is 26.9 Å². The van der Waals surface area contributed by atoms with Crippen LogP contribution in [0, 0.1) is 6.92 Å². The van der Waals surface area contributed by atoms with Crippen molar-refractivity contribution < 1.29 is 4.74 Å². The van der Waals surface area contributed by atoms with Gasteiger partial charge >= 0.3 is 0 Å². The smallest absolute Gasteiger partial charge is 0.160 e. The highest BCUT2D eigenvalue weighted by Crippen LogP contribution is 2.28. The van der Waals surface area contributed by atoms with Crippen molar-refractivity contribution in [2.45, 2.75) is 26.7 Å². The number of methoxy groups -OCH3 is 1. The molecule has 0 unspecified atom stereocenters. The minimum absolute atomic E-state index is 0.241. The van der Waals surface area contributed by atoms with Gasteiger partial charge in [0, 0.05) is 24.7 Å². The molecule has 2 heterocycles. The molecule has 1 N–H and O–H groups in total. The first kappa shape index (κ1) is 15.3. The summed E-state index contributed by atoms with van der Waals surface area (Å²) in [4.78, 5) is 9.37. The highest BCUT2D eigenvalue weighted by Gasteiger charge is 2.16. The average molecular weight is 311 g/mol. The summed E-state index contributed by atoms with van der Waals surface area (Å²) >= 11 is 0. The number of aryl methyl sites for hydroxylation is 2. The van der Waals surface area contributed by atoms with Crippen LogP contribution in [0.3, 0.4) is 0 Å². The first-order valence-electron chi connectivity index (χ1n) is 7.62. The van der Waals surface area contributed by atoms with Crippen LogP contribution in [0.15, 0.2) is 24.3 Å². The summed E-state index contributed by atoms with van der Waals surface area (Å²) in [6.45, 7) is 6.14. The van der Waals surface area contributed by atoms with Gasteiger partial charge in [-0.1, -0.05) is 19.9 Å². The second kappa shape index (κ2) is 5.87. The van der Waals surface area contributed by atoms with E-state index >= 15 is 0 Å². The number of hydrogen-bond acceptors (Lipinski definition) is 5. The summed E-state index contributed by atoms with van der Waals surface area (Å²) in [5.74, 6) is 2.60. The molecule has 0 aliphatic heterocycles. The molecular weight excluding hydrogens is 290 g/mol. The fourth-order valence-corrected chi connectivity index (χ4v) is 2.54. The second-order valence-electron chi connectivity index (χ2n) is 5.85. The summed E-state index contributed by atoms with van der Waals surface area (Å²) in [6, 6.07) is 7.77. The maximum Gasteiger partial charge on any atom is 0.160 e. The molecule has 0 spiro atoms. The number of hydrogen-bond donors (Lipinski definition) is 1. The molecule has 0 bridgehead atoms. The van der Waals surface area contributed by atoms with Crippen LogP contribution >= 0.6 is 0 Å². The zero-order chi connectivity index (χ0) is 16.6. The van der Waals surface area contributed by atoms with Gasteiger partial charge in [-0.2, -0.15) is 5.10 Å². The number of nitrogens with zero attached hydrogens (tertiary/aromatic N) is 4. The normalized spacial score (nSPS) is 11.2. The first-order chi connectivity index (χ1) is 11.0. The molecule has 23 heavy (non-hydrogen) atoms. The van der Waals surface area contributed by atoms with Crippen molar-refractivity contribution >= 4 is 22.5 Å². The minimum atomic E-state index is 0.241. The van der Waals surface area contributed by atoms with Crippen LogP contribution in [0.2, 0.25) is 0 Å². The molecular formula is C17H21N5O. The molecule has 1 aromatic carbocycles. The number of nitrogens with one attached hydrogen (secondary N) is 1. The van der Waals surface area contributed by atoms with Gasteiger partial charge in [-0.15, -0.1) is 0 Å². The van der Waals surface area contributed by atoms with Gasteiger partial charge in [0.2, 0.25) is 0 Å². The van der Waals surface area contributed by atoms with E-state index in [1.807, 2.05) is 42.9 Å². The van der Waals surface area contributed by atoms with Crippen LogP contribution in [0.1, 0.15) is 31.3 Å². The maximum atomic E-state index is 5.28. The molecule has 6 heteroatoms. The van der Waals surface area contributed by atoms with E-state index in [2.05, 4.69) is 29.2 Å². The van der Waals surface area contributed by atoms with E-state index in [4.69, 9.17) is 9.72 Å². The predicted octanol–water partition coefficient (Wildman–Crippen LogP) is 3.55. The zero-order valence-corrected chi connectivity index (χ0v) is 14.1. The lowest BCUT2D eigenvalue weighted by Gasteiger charge is -2.12. The third kappa shape index (κ3) is 2.84. The summed E-state index contributed by atoms with van der Waals surface area (Å²) < 4.78 is 7.10. The molecule has 0 radical (unpaired) electrons. The Morgan fingerprint density at radius 3 is 2.70 bits per heavy atom. The SMILES string of the molecule is COc1cccc(Nc2nc(C(C)C)nc3c(C)nn(C)c23)c1. The van der Waals surface area contributed by atoms with Gasteiger partial charge in [0.15, 0.2) is 5.82 Å². The van der Waals surface area contributed by atoms with E-state index in [1.54, 1.807) is 7.11 Å². The summed E-state index contributed by atoms with van der Waals surface area (Å²) in [7, 11) is 3.56. The number of fused-ring (bicyclic) bond motifs is 1. The molecule has 2 aromatic heterocycles. The van der Waals surface area contributed by atoms with Gasteiger partial charge in [-0.25, -0.2) is 9.97 Å². The fraction of sp³-hybridized carbons (Fsp3) is 0.353. The Labute approximate surface area is 135 Å². The van der Waals surface area contributed by atoms with Gasteiger partial charge in [0.1, 0.15) is 22.6 Å². The van der Waals surface area contributed by atoms with E-state index in [0.29, 0.717) is 0 Å². The van der Waals surface area contributed by atoms with Crippen LogP contribution in [0.25, 0.3) is 11.0 Å². The molecule has 3 rings (SSSR count). The molecule has 0 amide bonds. The van der Waals surface area contributed by atoms with Crippen LogP contribution in [-0.2, 0) is 7.05 Å². The van der Waals surface area contributed by atoms with Crippen molar-refractivity contribution in [2.75, 3.05) is 12.4 Å². The second-order valence-corrected chi connectivity index (χ2v) is 5.85. The standard InChI is InChI=1S/C17H21N5O/c1-10(2)16-19-14-11(3)21-22(4)15(14)17(20-16)18-12-7-6-8-13(9-12)23-5/h6-10H,1-5H3,(H,18,19,20). The maximum absolute atomic E-state index is 5.28. The molecule has 0 aliphatic carbocycles. The topological polar surface area (TPSA) is 64.9 Å². The van der Waals surface area contributed by atoms with E-state index in [9.17, 15) is 0 Å². The number of aromatic nitrogens is 4. The fourth-order valence-electron chi connectivity index (χ4n) is 2.54. The van der Waals surface area contributed by atoms with E-state index in [-0.39, 0.29) is 5.92 Å². The highest BCUT2D eigenvalue weighted by molar-refractivity contribution is 5.89. The van der Waals surface area contributed by atoms with Crippen LogP contribution < -0.4 is 10.1 Å². The number of benzene rings is 1. The van der Waals surface area contributed by atoms with E-state index in [0.717, 1.165) is 39.8 Å². The summed E-state index contributed by atoms with van der Waals surface area (Å²) in [5.41, 5.74) is 3.60. The quantitative estimate of drug-likeness (QED) is 0.798. The Morgan fingerprint density at radius 1 is 1.22 bits per heavy atom. The first-order valence-corrected chi connectivity index (χ1v) is 7.62. The third-order valence-corrected chi connectivity index (χ3v) is 3.72. The van der Waals surface area contributed by atoms with Crippen molar-refractivity contribution in [3.8, 4) is 5.75 Å². The van der Waals surface area contributed by atoms with Crippen molar-refractivity contribution in [1.82, 2.24) is 19.7 Å². The Bertz CT molecular complexity index is 854. The summed E-state index contributed by atoms with van der Waals surface area (Å²) in [5, 5.41) is 7.86. The molecule has 0 saturated heterocycles. The van der Waals surface area contributed by atoms with Gasteiger partial charge < -0.3 is 10.1 Å². The zero-order valence-electron chi connectivity index (χ0n) is 14.1. The Balaban J connectivity index is 2.14. The lowest BCUT2D eigenvalue weighted by Crippen LogP contribution is -2.05. The molecule has 120 valence electrons. The monoisotopic (exact) mass is 311 g/mol. The third-order valence-electron chi connectivity index (χ3n) is 3.72. The molecule has 0 aliphatic rings. The molecule has 0 saturated carbocycles. The molecule has 0 fully saturated rings. The van der Waals surface area contributed by atoms with Gasteiger partial charge in [0.25, 0.3) is 0 Å². The van der Waals surface area contributed by atoms with E-state index < -0.39 is 0 Å². The summed E-state index contributed by atoms with van der Waals surface area (Å²) in [6.07, 6.45) is 0. The van der Waals surface area contributed by atoms with E-state index in [1.165, 1.54) is 0 Å². The van der Waals surface area contributed by atoms with Crippen LogP contribution in [0.5, 0.6) is 5.75 Å². The van der Waals surface area contributed by atoms with Gasteiger partial charge in [0.05, 0.1) is 12.8 Å². The number of rotatable bonds is 4. The molecule has 3 aromatic rings. The minimum Gasteiger partial charge on any atom is -0.497 e. The predicted molar refractivity (Wildman–Crippen MR) is 91.4 cm³/mol. The van der Waals surface area contributed by atoms with Crippen molar-refractivity contribution in [3.63, 3.8) is 0 Å². The van der Waals surface area contributed by atoms with Crippen molar-refractivity contribution in [2.24, 2.45) is 7.05 Å². The van der Waals surface area contributed by atoms with Crippen molar-refractivity contribution in [3.05, 3.63) is 35.8 Å².